The van der Waals surface area contributed by atoms with Crippen molar-refractivity contribution in [3.05, 3.63) is 53.7 Å². The van der Waals surface area contributed by atoms with Crippen LogP contribution in [0, 0.1) is 0 Å². The fourth-order valence-corrected chi connectivity index (χ4v) is 2.96. The summed E-state index contributed by atoms with van der Waals surface area (Å²) < 4.78 is 5.45. The summed E-state index contributed by atoms with van der Waals surface area (Å²) in [6.07, 6.45) is 1.81. The second-order valence-electron chi connectivity index (χ2n) is 6.46. The summed E-state index contributed by atoms with van der Waals surface area (Å²) >= 11 is 0. The first-order valence-electron chi connectivity index (χ1n) is 9.05. The maximum Gasteiger partial charge on any atom is 0.251 e. The van der Waals surface area contributed by atoms with Crippen LogP contribution in [-0.2, 0) is 6.54 Å². The third-order valence-electron chi connectivity index (χ3n) is 4.50. The van der Waals surface area contributed by atoms with Crippen LogP contribution in [0.25, 0.3) is 0 Å². The van der Waals surface area contributed by atoms with Crippen LogP contribution in [0.3, 0.4) is 0 Å². The topological polar surface area (TPSA) is 57.7 Å². The SMILES string of the molecule is CCOc1cccc(C(=O)NCc2ccnc(N3CCN(C)CC3)c2)c1. The van der Waals surface area contributed by atoms with Crippen molar-refractivity contribution in [3.63, 3.8) is 0 Å². The Kier molecular flexibility index (Phi) is 6.07. The van der Waals surface area contributed by atoms with Gasteiger partial charge < -0.3 is 19.9 Å². The molecule has 1 aromatic carbocycles. The number of nitrogens with one attached hydrogen (secondary N) is 1. The Morgan fingerprint density at radius 1 is 1.19 bits per heavy atom. The molecule has 3 rings (SSSR count). The lowest BCUT2D eigenvalue weighted by molar-refractivity contribution is 0.0950. The third kappa shape index (κ3) is 4.73. The summed E-state index contributed by atoms with van der Waals surface area (Å²) in [4.78, 5) is 21.5. The molecule has 0 spiro atoms. The molecule has 0 saturated carbocycles. The number of hydrogen-bond donors (Lipinski definition) is 1. The zero-order valence-corrected chi connectivity index (χ0v) is 15.4. The first kappa shape index (κ1) is 18.2. The summed E-state index contributed by atoms with van der Waals surface area (Å²) in [6.45, 7) is 7.01. The molecule has 0 radical (unpaired) electrons. The van der Waals surface area contributed by atoms with Crippen molar-refractivity contribution in [2.75, 3.05) is 44.7 Å². The molecule has 6 nitrogen and oxygen atoms in total. The fraction of sp³-hybridized carbons (Fsp3) is 0.400. The average Bonchev–Trinajstić information content (AvgIpc) is 2.67. The molecule has 0 atom stereocenters. The van der Waals surface area contributed by atoms with Crippen molar-refractivity contribution < 1.29 is 9.53 Å². The van der Waals surface area contributed by atoms with Crippen LogP contribution in [-0.4, -0.2) is 55.6 Å². The second-order valence-corrected chi connectivity index (χ2v) is 6.46. The highest BCUT2D eigenvalue weighted by molar-refractivity contribution is 5.94. The van der Waals surface area contributed by atoms with E-state index in [1.807, 2.05) is 31.3 Å². The summed E-state index contributed by atoms with van der Waals surface area (Å²) in [5, 5.41) is 2.97. The van der Waals surface area contributed by atoms with E-state index in [1.54, 1.807) is 12.1 Å². The first-order chi connectivity index (χ1) is 12.7. The molecule has 1 aliphatic rings. The van der Waals surface area contributed by atoms with Gasteiger partial charge in [-0.3, -0.25) is 4.79 Å². The Morgan fingerprint density at radius 2 is 2.00 bits per heavy atom. The minimum absolute atomic E-state index is 0.107. The molecule has 0 unspecified atom stereocenters. The lowest BCUT2D eigenvalue weighted by Crippen LogP contribution is -2.44. The molecule has 26 heavy (non-hydrogen) atoms. The van der Waals surface area contributed by atoms with Crippen LogP contribution < -0.4 is 15.0 Å². The van der Waals surface area contributed by atoms with Gasteiger partial charge in [0, 0.05) is 44.5 Å². The molecule has 6 heteroatoms. The van der Waals surface area contributed by atoms with Gasteiger partial charge in [-0.05, 0) is 49.9 Å². The molecule has 1 aromatic heterocycles. The van der Waals surface area contributed by atoms with Gasteiger partial charge in [-0.1, -0.05) is 6.07 Å². The molecular weight excluding hydrogens is 328 g/mol. The molecule has 1 fully saturated rings. The lowest BCUT2D eigenvalue weighted by atomic mass is 10.2. The Labute approximate surface area is 154 Å². The molecule has 2 aromatic rings. The standard InChI is InChI=1S/C20H26N4O2/c1-3-26-18-6-4-5-17(14-18)20(25)22-15-16-7-8-21-19(13-16)24-11-9-23(2)10-12-24/h4-8,13-14H,3,9-12,15H2,1-2H3,(H,22,25). The third-order valence-corrected chi connectivity index (χ3v) is 4.50. The van der Waals surface area contributed by atoms with E-state index in [-0.39, 0.29) is 5.91 Å². The number of hydrogen-bond acceptors (Lipinski definition) is 5. The van der Waals surface area contributed by atoms with Crippen LogP contribution >= 0.6 is 0 Å². The van der Waals surface area contributed by atoms with Gasteiger partial charge >= 0.3 is 0 Å². The Bertz CT molecular complexity index is 742. The van der Waals surface area contributed by atoms with E-state index in [1.165, 1.54) is 0 Å². The molecule has 0 aliphatic carbocycles. The molecule has 1 amide bonds. The van der Waals surface area contributed by atoms with Crippen LogP contribution in [0.15, 0.2) is 42.6 Å². The van der Waals surface area contributed by atoms with Crippen molar-refractivity contribution in [1.82, 2.24) is 15.2 Å². The van der Waals surface area contributed by atoms with Gasteiger partial charge in [-0.25, -0.2) is 4.98 Å². The number of benzene rings is 1. The number of pyridine rings is 1. The van der Waals surface area contributed by atoms with E-state index in [0.717, 1.165) is 37.6 Å². The number of nitrogens with zero attached hydrogens (tertiary/aromatic N) is 3. The normalized spacial score (nSPS) is 14.9. The van der Waals surface area contributed by atoms with Gasteiger partial charge in [0.15, 0.2) is 0 Å². The van der Waals surface area contributed by atoms with Crippen LogP contribution in [0.2, 0.25) is 0 Å². The van der Waals surface area contributed by atoms with E-state index in [9.17, 15) is 4.79 Å². The predicted molar refractivity (Wildman–Crippen MR) is 103 cm³/mol. The van der Waals surface area contributed by atoms with E-state index >= 15 is 0 Å². The van der Waals surface area contributed by atoms with Crippen molar-refractivity contribution >= 4 is 11.7 Å². The molecule has 2 heterocycles. The second kappa shape index (κ2) is 8.67. The molecule has 1 N–H and O–H groups in total. The van der Waals surface area contributed by atoms with E-state index in [2.05, 4.69) is 33.2 Å². The van der Waals surface area contributed by atoms with Crippen molar-refractivity contribution in [1.29, 1.82) is 0 Å². The number of likely N-dealkylation sites (N-methyl/N-ethyl adjacent to an activating group) is 1. The number of amides is 1. The molecule has 1 aliphatic heterocycles. The summed E-state index contributed by atoms with van der Waals surface area (Å²) in [5.41, 5.74) is 1.65. The van der Waals surface area contributed by atoms with Gasteiger partial charge in [-0.2, -0.15) is 0 Å². The molecule has 1 saturated heterocycles. The fourth-order valence-electron chi connectivity index (χ4n) is 2.96. The van der Waals surface area contributed by atoms with Gasteiger partial charge in [0.1, 0.15) is 11.6 Å². The monoisotopic (exact) mass is 354 g/mol. The van der Waals surface area contributed by atoms with E-state index in [0.29, 0.717) is 24.5 Å². The molecular formula is C20H26N4O2. The van der Waals surface area contributed by atoms with E-state index in [4.69, 9.17) is 4.74 Å². The number of rotatable bonds is 6. The zero-order chi connectivity index (χ0) is 18.4. The Morgan fingerprint density at radius 3 is 2.77 bits per heavy atom. The minimum Gasteiger partial charge on any atom is -0.494 e. The number of aromatic nitrogens is 1. The highest BCUT2D eigenvalue weighted by atomic mass is 16.5. The van der Waals surface area contributed by atoms with Crippen LogP contribution in [0.4, 0.5) is 5.82 Å². The quantitative estimate of drug-likeness (QED) is 0.862. The van der Waals surface area contributed by atoms with Crippen LogP contribution in [0.5, 0.6) is 5.75 Å². The summed E-state index contributed by atoms with van der Waals surface area (Å²) in [7, 11) is 2.14. The minimum atomic E-state index is -0.107. The van der Waals surface area contributed by atoms with Crippen molar-refractivity contribution in [3.8, 4) is 5.75 Å². The zero-order valence-electron chi connectivity index (χ0n) is 15.4. The lowest BCUT2D eigenvalue weighted by Gasteiger charge is -2.33. The van der Waals surface area contributed by atoms with Gasteiger partial charge in [0.25, 0.3) is 5.91 Å². The number of carbonyl (C=O) groups excluding carboxylic acids is 1. The molecule has 138 valence electrons. The van der Waals surface area contributed by atoms with Crippen molar-refractivity contribution in [2.45, 2.75) is 13.5 Å². The summed E-state index contributed by atoms with van der Waals surface area (Å²) in [6, 6.07) is 11.2. The van der Waals surface area contributed by atoms with E-state index < -0.39 is 0 Å². The van der Waals surface area contributed by atoms with Crippen LogP contribution in [0.1, 0.15) is 22.8 Å². The maximum absolute atomic E-state index is 12.4. The number of ether oxygens (including phenoxy) is 1. The predicted octanol–water partition coefficient (Wildman–Crippen LogP) is 2.16. The Balaban J connectivity index is 1.60. The van der Waals surface area contributed by atoms with Gasteiger partial charge in [0.2, 0.25) is 0 Å². The average molecular weight is 354 g/mol. The largest absolute Gasteiger partial charge is 0.494 e. The highest BCUT2D eigenvalue weighted by Gasteiger charge is 2.15. The molecule has 0 bridgehead atoms. The number of carbonyl (C=O) groups is 1. The number of piperazine rings is 1. The van der Waals surface area contributed by atoms with Crippen molar-refractivity contribution in [2.24, 2.45) is 0 Å². The Hall–Kier alpha value is -2.60. The first-order valence-corrected chi connectivity index (χ1v) is 9.05. The smallest absolute Gasteiger partial charge is 0.251 e. The maximum atomic E-state index is 12.4. The summed E-state index contributed by atoms with van der Waals surface area (Å²) in [5.74, 6) is 1.58. The highest BCUT2D eigenvalue weighted by Crippen LogP contribution is 2.16. The number of anilines is 1. The van der Waals surface area contributed by atoms with Gasteiger partial charge in [-0.15, -0.1) is 0 Å². The van der Waals surface area contributed by atoms with Gasteiger partial charge in [0.05, 0.1) is 6.61 Å².